The summed E-state index contributed by atoms with van der Waals surface area (Å²) in [7, 11) is 0. The molecular formula is C11H10Cl2N2. The van der Waals surface area contributed by atoms with Crippen molar-refractivity contribution in [1.82, 2.24) is 9.78 Å². The molecule has 0 spiro atoms. The zero-order valence-electron chi connectivity index (χ0n) is 8.46. The Hall–Kier alpha value is -0.990. The maximum atomic E-state index is 6.09. The molecule has 0 aliphatic carbocycles. The molecule has 0 bridgehead atoms. The van der Waals surface area contributed by atoms with Crippen molar-refractivity contribution in [2.75, 3.05) is 0 Å². The fraction of sp³-hybridized carbons (Fsp3) is 0.182. The van der Waals surface area contributed by atoms with Gasteiger partial charge in [0.1, 0.15) is 0 Å². The normalized spacial score (nSPS) is 10.7. The summed E-state index contributed by atoms with van der Waals surface area (Å²) in [6, 6.07) is 7.34. The molecule has 2 aromatic rings. The van der Waals surface area contributed by atoms with Crippen LogP contribution in [0.1, 0.15) is 11.4 Å². The number of benzene rings is 1. The first-order chi connectivity index (χ1) is 7.08. The molecule has 0 saturated carbocycles. The second-order valence-corrected chi connectivity index (χ2v) is 4.28. The highest BCUT2D eigenvalue weighted by atomic mass is 35.5. The topological polar surface area (TPSA) is 17.8 Å². The highest BCUT2D eigenvalue weighted by Gasteiger charge is 2.07. The molecule has 2 rings (SSSR count). The van der Waals surface area contributed by atoms with Crippen molar-refractivity contribution in [3.63, 3.8) is 0 Å². The molecule has 0 saturated heterocycles. The Balaban J connectivity index is 2.62. The first kappa shape index (κ1) is 10.5. The molecule has 0 radical (unpaired) electrons. The van der Waals surface area contributed by atoms with Crippen LogP contribution in [-0.4, -0.2) is 9.78 Å². The van der Waals surface area contributed by atoms with Crippen LogP contribution in [0.5, 0.6) is 0 Å². The molecule has 0 aliphatic heterocycles. The van der Waals surface area contributed by atoms with Crippen molar-refractivity contribution in [3.8, 4) is 5.69 Å². The first-order valence-electron chi connectivity index (χ1n) is 4.56. The van der Waals surface area contributed by atoms with Gasteiger partial charge in [0.25, 0.3) is 0 Å². The van der Waals surface area contributed by atoms with E-state index in [0.717, 1.165) is 17.1 Å². The Labute approximate surface area is 98.4 Å². The maximum Gasteiger partial charge on any atom is 0.0849 e. The molecule has 0 fully saturated rings. The lowest BCUT2D eigenvalue weighted by atomic mass is 10.3. The third-order valence-corrected chi connectivity index (χ3v) is 2.70. The number of halogens is 2. The minimum Gasteiger partial charge on any atom is -0.236 e. The molecule has 4 heteroatoms. The van der Waals surface area contributed by atoms with E-state index in [4.69, 9.17) is 23.2 Å². The fourth-order valence-electron chi connectivity index (χ4n) is 1.52. The molecule has 0 amide bonds. The van der Waals surface area contributed by atoms with Crippen LogP contribution in [0, 0.1) is 13.8 Å². The van der Waals surface area contributed by atoms with E-state index in [9.17, 15) is 0 Å². The second kappa shape index (κ2) is 3.87. The van der Waals surface area contributed by atoms with Crippen molar-refractivity contribution < 1.29 is 0 Å². The average molecular weight is 241 g/mol. The molecule has 2 nitrogen and oxygen atoms in total. The van der Waals surface area contributed by atoms with Crippen LogP contribution in [0.15, 0.2) is 24.3 Å². The van der Waals surface area contributed by atoms with Crippen LogP contribution in [0.4, 0.5) is 0 Å². The molecule has 1 heterocycles. The smallest absolute Gasteiger partial charge is 0.0849 e. The van der Waals surface area contributed by atoms with Gasteiger partial charge in [0.15, 0.2) is 0 Å². The Bertz CT molecular complexity index is 503. The summed E-state index contributed by atoms with van der Waals surface area (Å²) in [5.41, 5.74) is 2.81. The van der Waals surface area contributed by atoms with E-state index >= 15 is 0 Å². The number of aryl methyl sites for hydroxylation is 2. The molecule has 1 aromatic heterocycles. The Morgan fingerprint density at radius 2 is 1.87 bits per heavy atom. The average Bonchev–Trinajstić information content (AvgIpc) is 2.50. The maximum absolute atomic E-state index is 6.09. The van der Waals surface area contributed by atoms with Crippen LogP contribution in [-0.2, 0) is 0 Å². The van der Waals surface area contributed by atoms with E-state index in [-0.39, 0.29) is 0 Å². The summed E-state index contributed by atoms with van der Waals surface area (Å²) in [6.07, 6.45) is 0. The summed E-state index contributed by atoms with van der Waals surface area (Å²) in [4.78, 5) is 0. The van der Waals surface area contributed by atoms with Crippen molar-refractivity contribution in [3.05, 3.63) is 45.7 Å². The minimum atomic E-state index is 0.644. The van der Waals surface area contributed by atoms with E-state index in [1.54, 1.807) is 16.8 Å². The second-order valence-electron chi connectivity index (χ2n) is 3.43. The first-order valence-corrected chi connectivity index (χ1v) is 5.32. The van der Waals surface area contributed by atoms with E-state index in [0.29, 0.717) is 10.0 Å². The Morgan fingerprint density at radius 1 is 1.13 bits per heavy atom. The SMILES string of the molecule is Cc1cc(C)n(-c2cc(Cl)ccc2Cl)n1. The molecular weight excluding hydrogens is 231 g/mol. The van der Waals surface area contributed by atoms with Crippen LogP contribution < -0.4 is 0 Å². The number of rotatable bonds is 1. The van der Waals surface area contributed by atoms with Gasteiger partial charge in [0.2, 0.25) is 0 Å². The Kier molecular flexibility index (Phi) is 2.72. The quantitative estimate of drug-likeness (QED) is 0.742. The van der Waals surface area contributed by atoms with Crippen molar-refractivity contribution >= 4 is 23.2 Å². The molecule has 0 unspecified atom stereocenters. The zero-order valence-corrected chi connectivity index (χ0v) is 9.97. The lowest BCUT2D eigenvalue weighted by Crippen LogP contribution is -1.99. The summed E-state index contributed by atoms with van der Waals surface area (Å²) in [6.45, 7) is 3.93. The van der Waals surface area contributed by atoms with Crippen LogP contribution in [0.25, 0.3) is 5.69 Å². The van der Waals surface area contributed by atoms with Crippen molar-refractivity contribution in [2.24, 2.45) is 0 Å². The molecule has 78 valence electrons. The minimum absolute atomic E-state index is 0.644. The number of nitrogens with zero attached hydrogens (tertiary/aromatic N) is 2. The molecule has 15 heavy (non-hydrogen) atoms. The van der Waals surface area contributed by atoms with Gasteiger partial charge in [-0.05, 0) is 38.1 Å². The lowest BCUT2D eigenvalue weighted by molar-refractivity contribution is 0.834. The van der Waals surface area contributed by atoms with Gasteiger partial charge < -0.3 is 0 Å². The van der Waals surface area contributed by atoms with Gasteiger partial charge >= 0.3 is 0 Å². The van der Waals surface area contributed by atoms with Crippen molar-refractivity contribution in [2.45, 2.75) is 13.8 Å². The van der Waals surface area contributed by atoms with Gasteiger partial charge in [-0.3, -0.25) is 0 Å². The summed E-state index contributed by atoms with van der Waals surface area (Å²) < 4.78 is 1.80. The zero-order chi connectivity index (χ0) is 11.0. The van der Waals surface area contributed by atoms with Gasteiger partial charge in [-0.15, -0.1) is 0 Å². The molecule has 1 aromatic carbocycles. The number of hydrogen-bond donors (Lipinski definition) is 0. The lowest BCUT2D eigenvalue weighted by Gasteiger charge is -2.06. The third-order valence-electron chi connectivity index (χ3n) is 2.15. The van der Waals surface area contributed by atoms with Gasteiger partial charge in [-0.1, -0.05) is 23.2 Å². The van der Waals surface area contributed by atoms with Crippen LogP contribution in [0.3, 0.4) is 0 Å². The van der Waals surface area contributed by atoms with E-state index in [1.165, 1.54) is 0 Å². The summed E-state index contributed by atoms with van der Waals surface area (Å²) >= 11 is 12.0. The van der Waals surface area contributed by atoms with E-state index in [1.807, 2.05) is 26.0 Å². The van der Waals surface area contributed by atoms with Crippen LogP contribution >= 0.6 is 23.2 Å². The number of aromatic nitrogens is 2. The highest BCUT2D eigenvalue weighted by molar-refractivity contribution is 6.34. The molecule has 0 atom stereocenters. The van der Waals surface area contributed by atoms with Gasteiger partial charge in [-0.2, -0.15) is 5.10 Å². The summed E-state index contributed by atoms with van der Waals surface area (Å²) in [5.74, 6) is 0. The molecule has 0 N–H and O–H groups in total. The van der Waals surface area contributed by atoms with E-state index in [2.05, 4.69) is 5.10 Å². The van der Waals surface area contributed by atoms with Gasteiger partial charge in [0.05, 0.1) is 16.4 Å². The van der Waals surface area contributed by atoms with Gasteiger partial charge in [0, 0.05) is 10.7 Å². The molecule has 0 aliphatic rings. The predicted molar refractivity (Wildman–Crippen MR) is 63.1 cm³/mol. The monoisotopic (exact) mass is 240 g/mol. The van der Waals surface area contributed by atoms with Crippen molar-refractivity contribution in [1.29, 1.82) is 0 Å². The predicted octanol–water partition coefficient (Wildman–Crippen LogP) is 3.80. The van der Waals surface area contributed by atoms with Gasteiger partial charge in [-0.25, -0.2) is 4.68 Å². The fourth-order valence-corrected chi connectivity index (χ4v) is 1.88. The van der Waals surface area contributed by atoms with E-state index < -0.39 is 0 Å². The standard InChI is InChI=1S/C11H10Cl2N2/c1-7-5-8(2)15(14-7)11-6-9(12)3-4-10(11)13/h3-6H,1-2H3. The number of hydrogen-bond acceptors (Lipinski definition) is 1. The Morgan fingerprint density at radius 3 is 2.47 bits per heavy atom. The highest BCUT2D eigenvalue weighted by Crippen LogP contribution is 2.25. The largest absolute Gasteiger partial charge is 0.236 e. The third kappa shape index (κ3) is 2.01. The van der Waals surface area contributed by atoms with Crippen LogP contribution in [0.2, 0.25) is 10.0 Å². The summed E-state index contributed by atoms with van der Waals surface area (Å²) in [5, 5.41) is 5.65.